The Kier molecular flexibility index (Phi) is 5.68. The Morgan fingerprint density at radius 2 is 1.96 bits per heavy atom. The number of amides is 1. The summed E-state index contributed by atoms with van der Waals surface area (Å²) in [4.78, 5) is 12.1. The lowest BCUT2D eigenvalue weighted by Gasteiger charge is -2.07. The molecule has 0 saturated carbocycles. The first-order valence-electron chi connectivity index (χ1n) is 8.13. The standard InChI is InChI=1S/C19H18FN3O2S/c1-12(2)13-6-8-16(9-7-13)21-17(24)11-26-19-23-22-18(25-19)14-4-3-5-15(20)10-14/h3-10,12H,11H2,1-2H3,(H,21,24). The van der Waals surface area contributed by atoms with Gasteiger partial charge in [0.2, 0.25) is 11.8 Å². The number of rotatable bonds is 6. The largest absolute Gasteiger partial charge is 0.411 e. The van der Waals surface area contributed by atoms with Crippen molar-refractivity contribution in [2.75, 3.05) is 11.1 Å². The lowest BCUT2D eigenvalue weighted by atomic mass is 10.0. The van der Waals surface area contributed by atoms with Crippen LogP contribution in [0.4, 0.5) is 10.1 Å². The second-order valence-corrected chi connectivity index (χ2v) is 6.92. The first kappa shape index (κ1) is 18.1. The summed E-state index contributed by atoms with van der Waals surface area (Å²) in [5.41, 5.74) is 2.46. The van der Waals surface area contributed by atoms with Crippen LogP contribution in [0.25, 0.3) is 11.5 Å². The Hall–Kier alpha value is -2.67. The molecule has 7 heteroatoms. The molecule has 0 radical (unpaired) electrons. The van der Waals surface area contributed by atoms with Gasteiger partial charge in [-0.15, -0.1) is 10.2 Å². The summed E-state index contributed by atoms with van der Waals surface area (Å²) in [6.45, 7) is 4.24. The number of benzene rings is 2. The summed E-state index contributed by atoms with van der Waals surface area (Å²) >= 11 is 1.13. The number of carbonyl (C=O) groups excluding carboxylic acids is 1. The zero-order valence-electron chi connectivity index (χ0n) is 14.4. The van der Waals surface area contributed by atoms with Crippen LogP contribution in [0.2, 0.25) is 0 Å². The van der Waals surface area contributed by atoms with Gasteiger partial charge in [-0.3, -0.25) is 4.79 Å². The monoisotopic (exact) mass is 371 g/mol. The number of carbonyl (C=O) groups is 1. The Labute approximate surface area is 155 Å². The number of thioether (sulfide) groups is 1. The first-order chi connectivity index (χ1) is 12.5. The quantitative estimate of drug-likeness (QED) is 0.635. The molecule has 1 heterocycles. The molecule has 0 spiro atoms. The Morgan fingerprint density at radius 3 is 2.65 bits per heavy atom. The molecule has 1 amide bonds. The molecule has 0 saturated heterocycles. The van der Waals surface area contributed by atoms with Gasteiger partial charge in [0.1, 0.15) is 5.82 Å². The maximum atomic E-state index is 13.2. The molecule has 2 aromatic carbocycles. The molecule has 5 nitrogen and oxygen atoms in total. The van der Waals surface area contributed by atoms with Crippen LogP contribution in [0.15, 0.2) is 58.2 Å². The Balaban J connectivity index is 1.55. The average Bonchev–Trinajstić information content (AvgIpc) is 3.09. The van der Waals surface area contributed by atoms with Crippen molar-refractivity contribution in [2.45, 2.75) is 25.0 Å². The molecule has 0 aliphatic carbocycles. The van der Waals surface area contributed by atoms with E-state index in [4.69, 9.17) is 4.42 Å². The third-order valence-electron chi connectivity index (χ3n) is 3.67. The predicted molar refractivity (Wildman–Crippen MR) is 99.6 cm³/mol. The lowest BCUT2D eigenvalue weighted by Crippen LogP contribution is -2.14. The van der Waals surface area contributed by atoms with E-state index in [-0.39, 0.29) is 28.6 Å². The van der Waals surface area contributed by atoms with Crippen LogP contribution in [0.1, 0.15) is 25.3 Å². The van der Waals surface area contributed by atoms with Gasteiger partial charge in [-0.25, -0.2) is 4.39 Å². The molecule has 0 fully saturated rings. The lowest BCUT2D eigenvalue weighted by molar-refractivity contribution is -0.113. The molecule has 3 aromatic rings. The molecule has 1 aromatic heterocycles. The van der Waals surface area contributed by atoms with Gasteiger partial charge in [0.25, 0.3) is 5.22 Å². The van der Waals surface area contributed by atoms with Crippen molar-refractivity contribution < 1.29 is 13.6 Å². The summed E-state index contributed by atoms with van der Waals surface area (Å²) in [6, 6.07) is 13.7. The number of nitrogens with zero attached hydrogens (tertiary/aromatic N) is 2. The van der Waals surface area contributed by atoms with Gasteiger partial charge >= 0.3 is 0 Å². The minimum Gasteiger partial charge on any atom is -0.411 e. The SMILES string of the molecule is CC(C)c1ccc(NC(=O)CSc2nnc(-c3cccc(F)c3)o2)cc1. The van der Waals surface area contributed by atoms with E-state index in [1.54, 1.807) is 12.1 Å². The highest BCUT2D eigenvalue weighted by atomic mass is 32.2. The van der Waals surface area contributed by atoms with Crippen LogP contribution in [0.5, 0.6) is 0 Å². The van der Waals surface area contributed by atoms with Crippen molar-refractivity contribution in [2.24, 2.45) is 0 Å². The van der Waals surface area contributed by atoms with Gasteiger partial charge in [0, 0.05) is 11.3 Å². The third-order valence-corrected chi connectivity index (χ3v) is 4.48. The van der Waals surface area contributed by atoms with E-state index in [0.717, 1.165) is 17.4 Å². The maximum absolute atomic E-state index is 13.2. The molecule has 26 heavy (non-hydrogen) atoms. The Bertz CT molecular complexity index is 894. The number of anilines is 1. The fourth-order valence-corrected chi connectivity index (χ4v) is 2.85. The molecule has 1 N–H and O–H groups in total. The minimum absolute atomic E-state index is 0.136. The number of nitrogens with one attached hydrogen (secondary N) is 1. The van der Waals surface area contributed by atoms with Gasteiger partial charge in [-0.2, -0.15) is 0 Å². The smallest absolute Gasteiger partial charge is 0.277 e. The highest BCUT2D eigenvalue weighted by Crippen LogP contribution is 2.24. The predicted octanol–water partition coefficient (Wildman–Crippen LogP) is 4.73. The fraction of sp³-hybridized carbons (Fsp3) is 0.211. The number of aromatic nitrogens is 2. The molecule has 0 unspecified atom stereocenters. The van der Waals surface area contributed by atoms with E-state index >= 15 is 0 Å². The van der Waals surface area contributed by atoms with Crippen molar-refractivity contribution in [1.82, 2.24) is 10.2 Å². The summed E-state index contributed by atoms with van der Waals surface area (Å²) < 4.78 is 18.7. The highest BCUT2D eigenvalue weighted by molar-refractivity contribution is 7.99. The van der Waals surface area contributed by atoms with Crippen LogP contribution in [-0.2, 0) is 4.79 Å². The van der Waals surface area contributed by atoms with Crippen molar-refractivity contribution in [1.29, 1.82) is 0 Å². The molecule has 0 atom stereocenters. The van der Waals surface area contributed by atoms with Crippen LogP contribution < -0.4 is 5.32 Å². The summed E-state index contributed by atoms with van der Waals surface area (Å²) in [7, 11) is 0. The van der Waals surface area contributed by atoms with Crippen LogP contribution in [0.3, 0.4) is 0 Å². The summed E-state index contributed by atoms with van der Waals surface area (Å²) in [5, 5.41) is 10.8. The topological polar surface area (TPSA) is 68.0 Å². The normalized spacial score (nSPS) is 10.9. The highest BCUT2D eigenvalue weighted by Gasteiger charge is 2.12. The van der Waals surface area contributed by atoms with Gasteiger partial charge in [-0.05, 0) is 41.8 Å². The molecule has 0 aliphatic heterocycles. The number of hydrogen-bond acceptors (Lipinski definition) is 5. The molecule has 0 bridgehead atoms. The second kappa shape index (κ2) is 8.14. The fourth-order valence-electron chi connectivity index (χ4n) is 2.28. The number of halogens is 1. The molecular weight excluding hydrogens is 353 g/mol. The molecule has 134 valence electrons. The van der Waals surface area contributed by atoms with Gasteiger partial charge in [0.05, 0.1) is 5.75 Å². The van der Waals surface area contributed by atoms with Gasteiger partial charge in [0.15, 0.2) is 0 Å². The van der Waals surface area contributed by atoms with Crippen molar-refractivity contribution >= 4 is 23.4 Å². The van der Waals surface area contributed by atoms with E-state index in [2.05, 4.69) is 29.4 Å². The zero-order valence-corrected chi connectivity index (χ0v) is 15.2. The minimum atomic E-state index is -0.377. The maximum Gasteiger partial charge on any atom is 0.277 e. The molecular formula is C19H18FN3O2S. The zero-order chi connectivity index (χ0) is 18.5. The van der Waals surface area contributed by atoms with E-state index in [0.29, 0.717) is 11.5 Å². The Morgan fingerprint density at radius 1 is 1.19 bits per heavy atom. The third kappa shape index (κ3) is 4.70. The van der Waals surface area contributed by atoms with Crippen molar-refractivity contribution in [3.05, 3.63) is 59.9 Å². The van der Waals surface area contributed by atoms with E-state index in [1.807, 2.05) is 24.3 Å². The van der Waals surface area contributed by atoms with Crippen LogP contribution >= 0.6 is 11.8 Å². The van der Waals surface area contributed by atoms with Crippen molar-refractivity contribution in [3.63, 3.8) is 0 Å². The van der Waals surface area contributed by atoms with E-state index in [1.165, 1.54) is 17.7 Å². The van der Waals surface area contributed by atoms with E-state index < -0.39 is 0 Å². The van der Waals surface area contributed by atoms with E-state index in [9.17, 15) is 9.18 Å². The van der Waals surface area contributed by atoms with Crippen LogP contribution in [-0.4, -0.2) is 21.9 Å². The van der Waals surface area contributed by atoms with Gasteiger partial charge < -0.3 is 9.73 Å². The molecule has 3 rings (SSSR count). The van der Waals surface area contributed by atoms with Gasteiger partial charge in [-0.1, -0.05) is 43.8 Å². The first-order valence-corrected chi connectivity index (χ1v) is 9.12. The number of hydrogen-bond donors (Lipinski definition) is 1. The summed E-state index contributed by atoms with van der Waals surface area (Å²) in [6.07, 6.45) is 0. The van der Waals surface area contributed by atoms with Crippen LogP contribution in [0, 0.1) is 5.82 Å². The summed E-state index contributed by atoms with van der Waals surface area (Å²) in [5.74, 6) is 0.254. The average molecular weight is 371 g/mol. The molecule has 0 aliphatic rings. The van der Waals surface area contributed by atoms with Crippen molar-refractivity contribution in [3.8, 4) is 11.5 Å². The second-order valence-electron chi connectivity index (χ2n) is 6.00.